The van der Waals surface area contributed by atoms with Gasteiger partial charge < -0.3 is 9.84 Å². The third-order valence-corrected chi connectivity index (χ3v) is 2.32. The predicted molar refractivity (Wildman–Crippen MR) is 58.8 cm³/mol. The quantitative estimate of drug-likeness (QED) is 0.830. The van der Waals surface area contributed by atoms with E-state index in [1.807, 2.05) is 26.8 Å². The number of carbonyl (C=O) groups is 1. The summed E-state index contributed by atoms with van der Waals surface area (Å²) in [5, 5.41) is 9.05. The van der Waals surface area contributed by atoms with E-state index in [0.717, 1.165) is 11.1 Å². The lowest BCUT2D eigenvalue weighted by molar-refractivity contribution is 0.0693. The fourth-order valence-corrected chi connectivity index (χ4v) is 1.62. The number of aromatic carboxylic acids is 1. The predicted octanol–water partition coefficient (Wildman–Crippen LogP) is 2.83. The number of ether oxygens (including phenoxy) is 1. The van der Waals surface area contributed by atoms with Crippen LogP contribution in [0.15, 0.2) is 12.1 Å². The fourth-order valence-electron chi connectivity index (χ4n) is 1.62. The van der Waals surface area contributed by atoms with Crippen molar-refractivity contribution in [2.75, 3.05) is 7.11 Å². The van der Waals surface area contributed by atoms with Crippen molar-refractivity contribution in [1.82, 2.24) is 0 Å². The summed E-state index contributed by atoms with van der Waals surface area (Å²) < 4.78 is 5.17. The molecule has 0 aliphatic carbocycles. The zero-order valence-electron chi connectivity index (χ0n) is 9.50. The second-order valence-electron chi connectivity index (χ2n) is 3.89. The van der Waals surface area contributed by atoms with Crippen LogP contribution in [0.25, 0.3) is 0 Å². The van der Waals surface area contributed by atoms with Crippen molar-refractivity contribution in [1.29, 1.82) is 0 Å². The van der Waals surface area contributed by atoms with Crippen LogP contribution in [-0.2, 0) is 0 Å². The Morgan fingerprint density at radius 3 is 2.40 bits per heavy atom. The molecule has 0 bridgehead atoms. The molecule has 0 saturated carbocycles. The minimum absolute atomic E-state index is 0.237. The van der Waals surface area contributed by atoms with Gasteiger partial charge in [-0.1, -0.05) is 19.9 Å². The Balaban J connectivity index is 3.45. The maximum atomic E-state index is 11.0. The van der Waals surface area contributed by atoms with Gasteiger partial charge in [-0.3, -0.25) is 0 Å². The molecule has 0 radical (unpaired) electrons. The van der Waals surface area contributed by atoms with E-state index >= 15 is 0 Å². The number of hydrogen-bond acceptors (Lipinski definition) is 2. The molecule has 0 unspecified atom stereocenters. The van der Waals surface area contributed by atoms with E-state index in [9.17, 15) is 4.79 Å². The van der Waals surface area contributed by atoms with E-state index < -0.39 is 5.97 Å². The molecule has 1 aromatic rings. The van der Waals surface area contributed by atoms with E-state index in [1.54, 1.807) is 6.07 Å². The van der Waals surface area contributed by atoms with Gasteiger partial charge in [0.2, 0.25) is 0 Å². The monoisotopic (exact) mass is 208 g/mol. The van der Waals surface area contributed by atoms with E-state index in [4.69, 9.17) is 9.84 Å². The molecular weight excluding hydrogens is 192 g/mol. The number of rotatable bonds is 3. The molecule has 0 aliphatic heterocycles. The smallest absolute Gasteiger partial charge is 0.339 e. The first kappa shape index (κ1) is 11.6. The molecule has 3 nitrogen and oxygen atoms in total. The SMILES string of the molecule is COc1c(C(=O)O)cc(C)cc1C(C)C. The van der Waals surface area contributed by atoms with E-state index in [1.165, 1.54) is 7.11 Å². The average Bonchev–Trinajstić information content (AvgIpc) is 2.16. The molecule has 0 saturated heterocycles. The van der Waals surface area contributed by atoms with Crippen LogP contribution in [0.3, 0.4) is 0 Å². The topological polar surface area (TPSA) is 46.5 Å². The van der Waals surface area contributed by atoms with Crippen LogP contribution >= 0.6 is 0 Å². The molecule has 0 amide bonds. The van der Waals surface area contributed by atoms with Crippen molar-refractivity contribution in [3.8, 4) is 5.75 Å². The first-order chi connectivity index (χ1) is 6.97. The normalized spacial score (nSPS) is 10.5. The first-order valence-corrected chi connectivity index (χ1v) is 4.89. The molecule has 0 aromatic heterocycles. The Labute approximate surface area is 89.7 Å². The number of carboxylic acid groups (broad SMARTS) is 1. The number of methoxy groups -OCH3 is 1. The van der Waals surface area contributed by atoms with Crippen molar-refractivity contribution in [2.45, 2.75) is 26.7 Å². The van der Waals surface area contributed by atoms with Gasteiger partial charge >= 0.3 is 5.97 Å². The lowest BCUT2D eigenvalue weighted by Gasteiger charge is -2.15. The van der Waals surface area contributed by atoms with Gasteiger partial charge in [0.05, 0.1) is 7.11 Å². The zero-order chi connectivity index (χ0) is 11.6. The van der Waals surface area contributed by atoms with Gasteiger partial charge in [0.15, 0.2) is 0 Å². The van der Waals surface area contributed by atoms with E-state index in [0.29, 0.717) is 5.75 Å². The van der Waals surface area contributed by atoms with Gasteiger partial charge in [-0.25, -0.2) is 4.79 Å². The fraction of sp³-hybridized carbons (Fsp3) is 0.417. The number of benzene rings is 1. The van der Waals surface area contributed by atoms with Crippen molar-refractivity contribution in [3.05, 3.63) is 28.8 Å². The molecule has 3 heteroatoms. The van der Waals surface area contributed by atoms with E-state index in [2.05, 4.69) is 0 Å². The van der Waals surface area contributed by atoms with Crippen LogP contribution in [0, 0.1) is 6.92 Å². The largest absolute Gasteiger partial charge is 0.496 e. The molecule has 1 rings (SSSR count). The van der Waals surface area contributed by atoms with Crippen molar-refractivity contribution in [3.63, 3.8) is 0 Å². The van der Waals surface area contributed by atoms with Crippen LogP contribution in [0.1, 0.15) is 41.3 Å². The summed E-state index contributed by atoms with van der Waals surface area (Å²) >= 11 is 0. The summed E-state index contributed by atoms with van der Waals surface area (Å²) in [5.41, 5.74) is 2.12. The van der Waals surface area contributed by atoms with Crippen LogP contribution in [0.4, 0.5) is 0 Å². The van der Waals surface area contributed by atoms with E-state index in [-0.39, 0.29) is 11.5 Å². The summed E-state index contributed by atoms with van der Waals surface area (Å²) in [6, 6.07) is 3.60. The molecule has 1 N–H and O–H groups in total. The minimum Gasteiger partial charge on any atom is -0.496 e. The molecule has 0 aliphatic rings. The maximum absolute atomic E-state index is 11.0. The third kappa shape index (κ3) is 2.29. The van der Waals surface area contributed by atoms with Gasteiger partial charge in [-0.15, -0.1) is 0 Å². The van der Waals surface area contributed by atoms with Crippen LogP contribution < -0.4 is 4.74 Å². The Bertz CT molecular complexity index is 381. The number of carboxylic acids is 1. The van der Waals surface area contributed by atoms with Crippen LogP contribution in [0.5, 0.6) is 5.75 Å². The maximum Gasteiger partial charge on any atom is 0.339 e. The highest BCUT2D eigenvalue weighted by Gasteiger charge is 2.17. The second-order valence-corrected chi connectivity index (χ2v) is 3.89. The van der Waals surface area contributed by atoms with Gasteiger partial charge in [0.25, 0.3) is 0 Å². The highest BCUT2D eigenvalue weighted by atomic mass is 16.5. The summed E-state index contributed by atoms with van der Waals surface area (Å²) in [6.07, 6.45) is 0. The molecular formula is C12H16O3. The standard InChI is InChI=1S/C12H16O3/c1-7(2)9-5-8(3)6-10(12(13)14)11(9)15-4/h5-7H,1-4H3,(H,13,14). The molecule has 82 valence electrons. The lowest BCUT2D eigenvalue weighted by Crippen LogP contribution is -2.05. The molecule has 0 heterocycles. The van der Waals surface area contributed by atoms with Crippen LogP contribution in [-0.4, -0.2) is 18.2 Å². The molecule has 0 fully saturated rings. The Kier molecular flexibility index (Phi) is 3.35. The van der Waals surface area contributed by atoms with Crippen molar-refractivity contribution >= 4 is 5.97 Å². The summed E-state index contributed by atoms with van der Waals surface area (Å²) in [6.45, 7) is 5.92. The Morgan fingerprint density at radius 2 is 2.00 bits per heavy atom. The van der Waals surface area contributed by atoms with Crippen molar-refractivity contribution in [2.24, 2.45) is 0 Å². The minimum atomic E-state index is -0.947. The summed E-state index contributed by atoms with van der Waals surface area (Å²) in [5.74, 6) is -0.224. The van der Waals surface area contributed by atoms with Crippen molar-refractivity contribution < 1.29 is 14.6 Å². The number of hydrogen-bond donors (Lipinski definition) is 1. The first-order valence-electron chi connectivity index (χ1n) is 4.89. The Hall–Kier alpha value is -1.51. The third-order valence-electron chi connectivity index (χ3n) is 2.32. The second kappa shape index (κ2) is 4.34. The molecule has 1 aromatic carbocycles. The average molecular weight is 208 g/mol. The summed E-state index contributed by atoms with van der Waals surface area (Å²) in [7, 11) is 1.50. The zero-order valence-corrected chi connectivity index (χ0v) is 9.50. The molecule has 0 spiro atoms. The lowest BCUT2D eigenvalue weighted by atomic mass is 9.96. The highest BCUT2D eigenvalue weighted by molar-refractivity contribution is 5.91. The molecule has 15 heavy (non-hydrogen) atoms. The molecule has 0 atom stereocenters. The van der Waals surface area contributed by atoms with Crippen LogP contribution in [0.2, 0.25) is 0 Å². The Morgan fingerprint density at radius 1 is 1.40 bits per heavy atom. The number of aryl methyl sites for hydroxylation is 1. The van der Waals surface area contributed by atoms with Gasteiger partial charge in [-0.2, -0.15) is 0 Å². The van der Waals surface area contributed by atoms with Gasteiger partial charge in [-0.05, 0) is 30.0 Å². The van der Waals surface area contributed by atoms with Gasteiger partial charge in [0, 0.05) is 0 Å². The van der Waals surface area contributed by atoms with Gasteiger partial charge in [0.1, 0.15) is 11.3 Å². The highest BCUT2D eigenvalue weighted by Crippen LogP contribution is 2.31. The summed E-state index contributed by atoms with van der Waals surface area (Å²) in [4.78, 5) is 11.0.